The van der Waals surface area contributed by atoms with Crippen LogP contribution < -0.4 is 5.32 Å². The lowest BCUT2D eigenvalue weighted by molar-refractivity contribution is 0.0817. The third kappa shape index (κ3) is 3.34. The van der Waals surface area contributed by atoms with Gasteiger partial charge in [-0.2, -0.15) is 0 Å². The van der Waals surface area contributed by atoms with Crippen LogP contribution in [0.25, 0.3) is 0 Å². The Morgan fingerprint density at radius 3 is 2.09 bits per heavy atom. The number of benzene rings is 2. The number of anilines is 1. The van der Waals surface area contributed by atoms with Gasteiger partial charge in [-0.15, -0.1) is 0 Å². The van der Waals surface area contributed by atoms with Gasteiger partial charge in [0, 0.05) is 17.8 Å². The fraction of sp³-hybridized carbons (Fsp3) is 0.222. The summed E-state index contributed by atoms with van der Waals surface area (Å²) in [6.45, 7) is 5.85. The molecule has 0 fully saturated rings. The van der Waals surface area contributed by atoms with E-state index in [4.69, 9.17) is 0 Å². The van der Waals surface area contributed by atoms with E-state index in [1.54, 1.807) is 19.1 Å². The molecule has 0 aliphatic rings. The number of imide groups is 1. The Labute approximate surface area is 130 Å². The second-order valence-corrected chi connectivity index (χ2v) is 5.11. The number of nitrogens with zero attached hydrogens (tertiary/aromatic N) is 1. The lowest BCUT2D eigenvalue weighted by atomic mass is 10.0. The predicted octanol–water partition coefficient (Wildman–Crippen LogP) is 4.00. The van der Waals surface area contributed by atoms with Gasteiger partial charge >= 0.3 is 6.03 Å². The molecule has 0 aromatic heterocycles. The fourth-order valence-electron chi connectivity index (χ4n) is 2.38. The number of nitrogens with one attached hydrogen (secondary N) is 1. The summed E-state index contributed by atoms with van der Waals surface area (Å²) in [6.07, 6.45) is 0. The van der Waals surface area contributed by atoms with Gasteiger partial charge in [-0.25, -0.2) is 4.79 Å². The molecule has 4 nitrogen and oxygen atoms in total. The Kier molecular flexibility index (Phi) is 4.94. The molecule has 0 heterocycles. The summed E-state index contributed by atoms with van der Waals surface area (Å²) in [6, 6.07) is 14.4. The van der Waals surface area contributed by atoms with E-state index in [9.17, 15) is 9.59 Å². The maximum Gasteiger partial charge on any atom is 0.328 e. The van der Waals surface area contributed by atoms with E-state index in [1.165, 1.54) is 4.90 Å². The van der Waals surface area contributed by atoms with Gasteiger partial charge in [-0.1, -0.05) is 36.4 Å². The van der Waals surface area contributed by atoms with Crippen molar-refractivity contribution in [2.45, 2.75) is 20.8 Å². The number of hydrogen-bond donors (Lipinski definition) is 1. The van der Waals surface area contributed by atoms with E-state index in [0.29, 0.717) is 17.8 Å². The SMILES string of the molecule is CCN(C(=O)Nc1ccccc1)C(=O)c1c(C)cccc1C. The Morgan fingerprint density at radius 2 is 1.55 bits per heavy atom. The number of rotatable bonds is 3. The summed E-state index contributed by atoms with van der Waals surface area (Å²) in [5, 5.41) is 2.75. The summed E-state index contributed by atoms with van der Waals surface area (Å²) in [7, 11) is 0. The molecule has 0 spiro atoms. The maximum absolute atomic E-state index is 12.7. The summed E-state index contributed by atoms with van der Waals surface area (Å²) in [5.74, 6) is -0.272. The molecule has 0 unspecified atom stereocenters. The number of carbonyl (C=O) groups is 2. The van der Waals surface area contributed by atoms with Gasteiger partial charge < -0.3 is 5.32 Å². The normalized spacial score (nSPS) is 10.1. The van der Waals surface area contributed by atoms with Crippen molar-refractivity contribution in [2.75, 3.05) is 11.9 Å². The van der Waals surface area contributed by atoms with E-state index in [1.807, 2.05) is 50.2 Å². The molecule has 114 valence electrons. The van der Waals surface area contributed by atoms with E-state index in [2.05, 4.69) is 5.32 Å². The van der Waals surface area contributed by atoms with Crippen LogP contribution in [0.4, 0.5) is 10.5 Å². The minimum atomic E-state index is -0.415. The number of para-hydroxylation sites is 1. The molecule has 0 saturated heterocycles. The average Bonchev–Trinajstić information content (AvgIpc) is 2.48. The minimum absolute atomic E-state index is 0.272. The van der Waals surface area contributed by atoms with Crippen LogP contribution >= 0.6 is 0 Å². The molecular formula is C18H20N2O2. The molecule has 0 radical (unpaired) electrons. The van der Waals surface area contributed by atoms with Gasteiger partial charge in [0.05, 0.1) is 0 Å². The molecule has 2 rings (SSSR count). The van der Waals surface area contributed by atoms with Gasteiger partial charge in [0.1, 0.15) is 0 Å². The van der Waals surface area contributed by atoms with Crippen molar-refractivity contribution in [3.8, 4) is 0 Å². The van der Waals surface area contributed by atoms with Crippen LogP contribution in [0, 0.1) is 13.8 Å². The first-order chi connectivity index (χ1) is 10.5. The van der Waals surface area contributed by atoms with E-state index >= 15 is 0 Å². The molecule has 1 N–H and O–H groups in total. The van der Waals surface area contributed by atoms with Crippen LogP contribution in [0.5, 0.6) is 0 Å². The largest absolute Gasteiger partial charge is 0.328 e. The summed E-state index contributed by atoms with van der Waals surface area (Å²) >= 11 is 0. The van der Waals surface area contributed by atoms with Gasteiger partial charge in [0.2, 0.25) is 0 Å². The molecule has 22 heavy (non-hydrogen) atoms. The van der Waals surface area contributed by atoms with Gasteiger partial charge in [-0.05, 0) is 44.0 Å². The zero-order valence-corrected chi connectivity index (χ0v) is 13.1. The fourth-order valence-corrected chi connectivity index (χ4v) is 2.38. The van der Waals surface area contributed by atoms with E-state index in [-0.39, 0.29) is 5.91 Å². The van der Waals surface area contributed by atoms with Crippen molar-refractivity contribution in [1.82, 2.24) is 4.90 Å². The first-order valence-electron chi connectivity index (χ1n) is 7.28. The zero-order chi connectivity index (χ0) is 16.1. The van der Waals surface area contributed by atoms with Gasteiger partial charge in [0.25, 0.3) is 5.91 Å². The number of aryl methyl sites for hydroxylation is 2. The van der Waals surface area contributed by atoms with Crippen LogP contribution in [0.15, 0.2) is 48.5 Å². The summed E-state index contributed by atoms with van der Waals surface area (Å²) < 4.78 is 0. The molecule has 0 atom stereocenters. The predicted molar refractivity (Wildman–Crippen MR) is 88.1 cm³/mol. The molecule has 3 amide bonds. The summed E-state index contributed by atoms with van der Waals surface area (Å²) in [4.78, 5) is 26.3. The highest BCUT2D eigenvalue weighted by Crippen LogP contribution is 2.17. The van der Waals surface area contributed by atoms with Crippen molar-refractivity contribution in [3.05, 3.63) is 65.2 Å². The van der Waals surface area contributed by atoms with Crippen molar-refractivity contribution >= 4 is 17.6 Å². The second-order valence-electron chi connectivity index (χ2n) is 5.11. The highest BCUT2D eigenvalue weighted by Gasteiger charge is 2.23. The van der Waals surface area contributed by atoms with Crippen molar-refractivity contribution in [1.29, 1.82) is 0 Å². The molecule has 0 saturated carbocycles. The Morgan fingerprint density at radius 1 is 0.955 bits per heavy atom. The smallest absolute Gasteiger partial charge is 0.307 e. The maximum atomic E-state index is 12.7. The third-order valence-corrected chi connectivity index (χ3v) is 3.53. The lowest BCUT2D eigenvalue weighted by Gasteiger charge is -2.21. The molecule has 2 aromatic rings. The first kappa shape index (κ1) is 15.8. The molecule has 0 aliphatic heterocycles. The first-order valence-corrected chi connectivity index (χ1v) is 7.28. The molecular weight excluding hydrogens is 276 g/mol. The van der Waals surface area contributed by atoms with Crippen molar-refractivity contribution < 1.29 is 9.59 Å². The molecule has 4 heteroatoms. The summed E-state index contributed by atoms with van der Waals surface area (Å²) in [5.41, 5.74) is 3.00. The van der Waals surface area contributed by atoms with Gasteiger partial charge in [-0.3, -0.25) is 9.69 Å². The van der Waals surface area contributed by atoms with Crippen molar-refractivity contribution in [2.24, 2.45) is 0 Å². The van der Waals surface area contributed by atoms with Crippen LogP contribution in [0.2, 0.25) is 0 Å². The van der Waals surface area contributed by atoms with E-state index < -0.39 is 6.03 Å². The monoisotopic (exact) mass is 296 g/mol. The highest BCUT2D eigenvalue weighted by atomic mass is 16.2. The number of urea groups is 1. The van der Waals surface area contributed by atoms with Crippen molar-refractivity contribution in [3.63, 3.8) is 0 Å². The Balaban J connectivity index is 2.24. The van der Waals surface area contributed by atoms with Gasteiger partial charge in [0.15, 0.2) is 0 Å². The molecule has 0 aliphatic carbocycles. The Bertz CT molecular complexity index is 660. The number of carbonyl (C=O) groups excluding carboxylic acids is 2. The van der Waals surface area contributed by atoms with Crippen LogP contribution in [0.1, 0.15) is 28.4 Å². The molecule has 0 bridgehead atoms. The quantitative estimate of drug-likeness (QED) is 0.930. The lowest BCUT2D eigenvalue weighted by Crippen LogP contribution is -2.40. The molecule has 2 aromatic carbocycles. The number of amides is 3. The standard InChI is InChI=1S/C18H20N2O2/c1-4-20(18(22)19-15-11-6-5-7-12-15)17(21)16-13(2)9-8-10-14(16)3/h5-12H,4H2,1-3H3,(H,19,22). The average molecular weight is 296 g/mol. The zero-order valence-electron chi connectivity index (χ0n) is 13.1. The van der Waals surface area contributed by atoms with Crippen LogP contribution in [0.3, 0.4) is 0 Å². The minimum Gasteiger partial charge on any atom is -0.307 e. The van der Waals surface area contributed by atoms with E-state index in [0.717, 1.165) is 11.1 Å². The third-order valence-electron chi connectivity index (χ3n) is 3.53. The Hall–Kier alpha value is -2.62. The second kappa shape index (κ2) is 6.89. The topological polar surface area (TPSA) is 49.4 Å². The van der Waals surface area contributed by atoms with Crippen LogP contribution in [-0.2, 0) is 0 Å². The van der Waals surface area contributed by atoms with Crippen LogP contribution in [-0.4, -0.2) is 23.4 Å². The number of hydrogen-bond acceptors (Lipinski definition) is 2. The highest BCUT2D eigenvalue weighted by molar-refractivity contribution is 6.09.